The van der Waals surface area contributed by atoms with Gasteiger partial charge in [0.2, 0.25) is 0 Å². The average Bonchev–Trinajstić information content (AvgIpc) is 3.88. The summed E-state index contributed by atoms with van der Waals surface area (Å²) in [5.74, 6) is 1.44. The van der Waals surface area contributed by atoms with Gasteiger partial charge < -0.3 is 4.55 Å². The standard InChI is InChI=1S/C35H25N8.CHF3O3S/c1-5-15-26(16-6-1)40-34(36-42(38-40)28-19-9-3-10-20-28)32-25-33(31-24-14-13-23-30(31)32)35-37-43(29-21-11-4-12-22-29)39-41(35)27-17-7-2-8-18-27;2-1(3,4)8(5,6)7/h1-25H;(H,5,6,7)/q+1;/p-1. The van der Waals surface area contributed by atoms with E-state index in [4.69, 9.17) is 33.9 Å². The first-order valence-electron chi connectivity index (χ1n) is 15.3. The number of nitrogens with zero attached hydrogens (tertiary/aromatic N) is 8. The Balaban J connectivity index is 0.000000457. The van der Waals surface area contributed by atoms with Gasteiger partial charge >= 0.3 is 11.3 Å². The van der Waals surface area contributed by atoms with E-state index in [1.165, 1.54) is 0 Å². The van der Waals surface area contributed by atoms with E-state index in [9.17, 15) is 13.2 Å². The minimum atomic E-state index is -6.09. The van der Waals surface area contributed by atoms with Crippen LogP contribution in [-0.4, -0.2) is 38.3 Å². The van der Waals surface area contributed by atoms with Crippen LogP contribution < -0.4 is 9.80 Å². The van der Waals surface area contributed by atoms with Crippen molar-refractivity contribution >= 4 is 32.6 Å². The van der Waals surface area contributed by atoms with Crippen molar-refractivity contribution in [3.05, 3.63) is 180 Å². The van der Waals surface area contributed by atoms with Gasteiger partial charge in [-0.3, -0.25) is 0 Å². The number of allylic oxidation sites excluding steroid dienone is 2. The second-order valence-electron chi connectivity index (χ2n) is 11.0. The highest BCUT2D eigenvalue weighted by molar-refractivity contribution is 7.86. The highest BCUT2D eigenvalue weighted by Crippen LogP contribution is 2.44. The molecule has 0 saturated heterocycles. The lowest BCUT2D eigenvalue weighted by Gasteiger charge is -2.11. The summed E-state index contributed by atoms with van der Waals surface area (Å²) in [6.45, 7) is 0. The van der Waals surface area contributed by atoms with E-state index in [0.717, 1.165) is 56.7 Å². The number of aromatic nitrogens is 4. The van der Waals surface area contributed by atoms with Gasteiger partial charge in [0.1, 0.15) is 5.69 Å². The number of para-hydroxylation sites is 4. The van der Waals surface area contributed by atoms with Crippen molar-refractivity contribution in [2.75, 3.05) is 5.12 Å². The maximum absolute atomic E-state index is 10.7. The number of fused-ring (bicyclic) bond motifs is 1. The van der Waals surface area contributed by atoms with E-state index in [0.29, 0.717) is 0 Å². The Morgan fingerprint density at radius 1 is 0.667 bits per heavy atom. The van der Waals surface area contributed by atoms with E-state index < -0.39 is 15.6 Å². The summed E-state index contributed by atoms with van der Waals surface area (Å²) in [7, 11) is -6.09. The molecule has 0 unspecified atom stereocenters. The lowest BCUT2D eigenvalue weighted by atomic mass is 10.0. The summed E-state index contributed by atoms with van der Waals surface area (Å²) >= 11 is 0. The Morgan fingerprint density at radius 3 is 1.73 bits per heavy atom. The minimum absolute atomic E-state index is 0.721. The van der Waals surface area contributed by atoms with Crippen LogP contribution >= 0.6 is 0 Å². The highest BCUT2D eigenvalue weighted by Gasteiger charge is 2.37. The summed E-state index contributed by atoms with van der Waals surface area (Å²) in [5, 5.41) is 16.5. The number of hydrogen-bond acceptors (Lipinski definition) is 7. The molecule has 8 rings (SSSR count). The zero-order chi connectivity index (χ0) is 35.6. The monoisotopic (exact) mass is 706 g/mol. The van der Waals surface area contributed by atoms with Crippen molar-refractivity contribution in [2.45, 2.75) is 5.51 Å². The SMILES string of the molecule is C1=C(c2nn(-c3ccccc3)n[n+]2-c2ccccc2)c2ccccc2/C1=C1/[N-]N(c2ccccc2)N=[N+]1c1ccccc1.O=S(=O)([O-])C(F)(F)F. The van der Waals surface area contributed by atoms with Crippen LogP contribution in [-0.2, 0) is 10.1 Å². The molecule has 0 saturated carbocycles. The van der Waals surface area contributed by atoms with Gasteiger partial charge in [0.15, 0.2) is 21.6 Å². The third kappa shape index (κ3) is 6.75. The van der Waals surface area contributed by atoms with Gasteiger partial charge in [0.05, 0.1) is 27.3 Å². The van der Waals surface area contributed by atoms with Crippen molar-refractivity contribution < 1.29 is 35.5 Å². The summed E-state index contributed by atoms with van der Waals surface area (Å²) < 4.78 is 62.7. The molecular formula is C36H25F3N8O3S. The Kier molecular flexibility index (Phi) is 8.72. The third-order valence-electron chi connectivity index (χ3n) is 7.67. The van der Waals surface area contributed by atoms with Crippen LogP contribution in [0.5, 0.6) is 0 Å². The van der Waals surface area contributed by atoms with E-state index in [1.807, 2.05) is 131 Å². The summed E-state index contributed by atoms with van der Waals surface area (Å²) in [5.41, 5.74) is 6.98. The molecule has 0 radical (unpaired) electrons. The molecule has 6 aromatic rings. The van der Waals surface area contributed by atoms with Crippen molar-refractivity contribution in [1.82, 2.24) is 15.1 Å². The van der Waals surface area contributed by atoms with Crippen LogP contribution in [0.1, 0.15) is 17.0 Å². The van der Waals surface area contributed by atoms with Crippen LogP contribution in [0.25, 0.3) is 27.9 Å². The first-order chi connectivity index (χ1) is 24.6. The lowest BCUT2D eigenvalue weighted by molar-refractivity contribution is -0.663. The summed E-state index contributed by atoms with van der Waals surface area (Å²) in [6.07, 6.45) is 2.15. The van der Waals surface area contributed by atoms with Crippen LogP contribution in [0.4, 0.5) is 24.5 Å². The third-order valence-corrected chi connectivity index (χ3v) is 8.23. The fourth-order valence-corrected chi connectivity index (χ4v) is 5.34. The molecule has 0 bridgehead atoms. The highest BCUT2D eigenvalue weighted by atomic mass is 32.2. The van der Waals surface area contributed by atoms with Gasteiger partial charge in [0.25, 0.3) is 0 Å². The molecule has 2 heterocycles. The molecule has 254 valence electrons. The molecule has 0 fully saturated rings. The van der Waals surface area contributed by atoms with Gasteiger partial charge in [-0.25, -0.2) is 8.42 Å². The number of rotatable bonds is 5. The Bertz CT molecular complexity index is 2400. The molecule has 1 aliphatic heterocycles. The zero-order valence-corrected chi connectivity index (χ0v) is 27.1. The molecule has 11 nitrogen and oxygen atoms in total. The van der Waals surface area contributed by atoms with Gasteiger partial charge in [-0.15, -0.1) is 10.5 Å². The molecule has 0 atom stereocenters. The number of hydrogen-bond donors (Lipinski definition) is 0. The van der Waals surface area contributed by atoms with Crippen molar-refractivity contribution in [2.24, 2.45) is 5.22 Å². The molecule has 1 aromatic heterocycles. The molecule has 0 N–H and O–H groups in total. The van der Waals surface area contributed by atoms with E-state index in [1.54, 1.807) is 9.91 Å². The summed E-state index contributed by atoms with van der Waals surface area (Å²) in [6, 6.07) is 48.4. The van der Waals surface area contributed by atoms with Crippen molar-refractivity contribution in [3.8, 4) is 11.4 Å². The van der Waals surface area contributed by atoms with Crippen LogP contribution in [0.2, 0.25) is 0 Å². The fraction of sp³-hybridized carbons (Fsp3) is 0.0278. The summed E-state index contributed by atoms with van der Waals surface area (Å²) in [4.78, 5) is 1.68. The van der Waals surface area contributed by atoms with Crippen molar-refractivity contribution in [3.63, 3.8) is 0 Å². The quantitative estimate of drug-likeness (QED) is 0.106. The lowest BCUT2D eigenvalue weighted by Crippen LogP contribution is -2.37. The van der Waals surface area contributed by atoms with Gasteiger partial charge in [0, 0.05) is 10.4 Å². The molecule has 51 heavy (non-hydrogen) atoms. The number of alkyl halides is 3. The maximum atomic E-state index is 10.7. The second-order valence-corrected chi connectivity index (χ2v) is 12.4. The average molecular weight is 707 g/mol. The topological polar surface area (TPSA) is 124 Å². The maximum Gasteiger partial charge on any atom is 0.485 e. The minimum Gasteiger partial charge on any atom is -0.741 e. The Labute approximate surface area is 289 Å². The first kappa shape index (κ1) is 33.1. The Morgan fingerprint density at radius 2 is 1.16 bits per heavy atom. The van der Waals surface area contributed by atoms with Gasteiger partial charge in [-0.05, 0) is 65.7 Å². The molecule has 2 aliphatic rings. The number of tetrazole rings is 1. The van der Waals surface area contributed by atoms with E-state index in [-0.39, 0.29) is 0 Å². The molecule has 0 spiro atoms. The van der Waals surface area contributed by atoms with Crippen LogP contribution in [0.15, 0.2) is 163 Å². The van der Waals surface area contributed by atoms with Gasteiger partial charge in [-0.2, -0.15) is 17.9 Å². The smallest absolute Gasteiger partial charge is 0.485 e. The largest absolute Gasteiger partial charge is 0.741 e. The molecule has 5 aromatic carbocycles. The first-order valence-corrected chi connectivity index (χ1v) is 16.7. The van der Waals surface area contributed by atoms with E-state index >= 15 is 0 Å². The van der Waals surface area contributed by atoms with Crippen LogP contribution in [0, 0.1) is 0 Å². The van der Waals surface area contributed by atoms with Crippen molar-refractivity contribution in [1.29, 1.82) is 0 Å². The zero-order valence-electron chi connectivity index (χ0n) is 26.3. The van der Waals surface area contributed by atoms with Gasteiger partial charge in [-0.1, -0.05) is 107 Å². The number of halogens is 3. The molecule has 1 aliphatic carbocycles. The number of benzene rings is 5. The normalized spacial score (nSPS) is 15.3. The predicted octanol–water partition coefficient (Wildman–Crippen LogP) is 7.23. The fourth-order valence-electron chi connectivity index (χ4n) is 5.34. The Hall–Kier alpha value is -6.45. The molecule has 15 heteroatoms. The van der Waals surface area contributed by atoms with Crippen LogP contribution in [0.3, 0.4) is 0 Å². The number of anilines is 1. The molecular weight excluding hydrogens is 682 g/mol. The predicted molar refractivity (Wildman–Crippen MR) is 180 cm³/mol. The second kappa shape index (κ2) is 13.5. The van der Waals surface area contributed by atoms with E-state index in [2.05, 4.69) is 30.3 Å². The molecule has 0 amide bonds.